The smallest absolute Gasteiger partial charge is 0.221 e. The lowest BCUT2D eigenvalue weighted by Crippen LogP contribution is -2.13. The van der Waals surface area contributed by atoms with Crippen LogP contribution < -0.4 is 5.73 Å². The number of primary amides is 1. The zero-order valence-electron chi connectivity index (χ0n) is 9.91. The quantitative estimate of drug-likeness (QED) is 0.716. The van der Waals surface area contributed by atoms with Gasteiger partial charge in [0.25, 0.3) is 0 Å². The van der Waals surface area contributed by atoms with Gasteiger partial charge >= 0.3 is 0 Å². The summed E-state index contributed by atoms with van der Waals surface area (Å²) in [6.07, 6.45) is 8.06. The second-order valence-corrected chi connectivity index (χ2v) is 4.11. The molecule has 3 heteroatoms. The number of rotatable bonds is 7. The average molecular weight is 220 g/mol. The maximum atomic E-state index is 10.7. The Morgan fingerprint density at radius 3 is 2.69 bits per heavy atom. The molecule has 16 heavy (non-hydrogen) atoms. The first-order valence-electron chi connectivity index (χ1n) is 5.94. The Balaban J connectivity index is 2.36. The number of carbonyl (C=O) groups is 1. The predicted molar refractivity (Wildman–Crippen MR) is 65.0 cm³/mol. The molecule has 0 aromatic carbocycles. The van der Waals surface area contributed by atoms with Gasteiger partial charge < -0.3 is 5.73 Å². The fourth-order valence-corrected chi connectivity index (χ4v) is 1.64. The van der Waals surface area contributed by atoms with Crippen LogP contribution in [0.5, 0.6) is 0 Å². The van der Waals surface area contributed by atoms with Crippen molar-refractivity contribution in [1.82, 2.24) is 4.98 Å². The maximum Gasteiger partial charge on any atom is 0.221 e. The molecule has 1 heterocycles. The van der Waals surface area contributed by atoms with E-state index in [2.05, 4.69) is 11.9 Å². The van der Waals surface area contributed by atoms with Crippen LogP contribution in [0, 0.1) is 0 Å². The highest BCUT2D eigenvalue weighted by Crippen LogP contribution is 2.07. The van der Waals surface area contributed by atoms with E-state index in [0.29, 0.717) is 0 Å². The summed E-state index contributed by atoms with van der Waals surface area (Å²) in [4.78, 5) is 15.0. The SMILES string of the molecule is CCCCCCc1ccc(CC(N)=O)cn1. The molecule has 2 N–H and O–H groups in total. The minimum Gasteiger partial charge on any atom is -0.369 e. The highest BCUT2D eigenvalue weighted by atomic mass is 16.1. The molecule has 0 bridgehead atoms. The van der Waals surface area contributed by atoms with Gasteiger partial charge in [-0.2, -0.15) is 0 Å². The Labute approximate surface area is 97.1 Å². The zero-order valence-corrected chi connectivity index (χ0v) is 9.91. The molecule has 1 aromatic rings. The molecule has 88 valence electrons. The topological polar surface area (TPSA) is 56.0 Å². The van der Waals surface area contributed by atoms with Gasteiger partial charge in [0.15, 0.2) is 0 Å². The van der Waals surface area contributed by atoms with Crippen LogP contribution >= 0.6 is 0 Å². The third kappa shape index (κ3) is 4.91. The number of aromatic nitrogens is 1. The van der Waals surface area contributed by atoms with Gasteiger partial charge in [-0.05, 0) is 24.5 Å². The number of unbranched alkanes of at least 4 members (excludes halogenated alkanes) is 3. The van der Waals surface area contributed by atoms with Gasteiger partial charge in [0.1, 0.15) is 0 Å². The van der Waals surface area contributed by atoms with Crippen molar-refractivity contribution in [1.29, 1.82) is 0 Å². The fourth-order valence-electron chi connectivity index (χ4n) is 1.64. The summed E-state index contributed by atoms with van der Waals surface area (Å²) in [5, 5.41) is 0. The lowest BCUT2D eigenvalue weighted by molar-refractivity contribution is -0.117. The van der Waals surface area contributed by atoms with Crippen LogP contribution in [-0.4, -0.2) is 10.9 Å². The van der Waals surface area contributed by atoms with Crippen molar-refractivity contribution in [2.45, 2.75) is 45.4 Å². The zero-order chi connectivity index (χ0) is 11.8. The molecular weight excluding hydrogens is 200 g/mol. The molecule has 0 fully saturated rings. The van der Waals surface area contributed by atoms with E-state index in [-0.39, 0.29) is 12.3 Å². The first-order chi connectivity index (χ1) is 7.72. The lowest BCUT2D eigenvalue weighted by atomic mass is 10.1. The number of nitrogens with zero attached hydrogens (tertiary/aromatic N) is 1. The normalized spacial score (nSPS) is 10.3. The summed E-state index contributed by atoms with van der Waals surface area (Å²) in [5.41, 5.74) is 7.10. The molecule has 0 aliphatic carbocycles. The molecule has 0 saturated heterocycles. The van der Waals surface area contributed by atoms with Crippen LogP contribution in [0.25, 0.3) is 0 Å². The monoisotopic (exact) mass is 220 g/mol. The summed E-state index contributed by atoms with van der Waals surface area (Å²) >= 11 is 0. The summed E-state index contributed by atoms with van der Waals surface area (Å²) in [6, 6.07) is 3.93. The number of amides is 1. The summed E-state index contributed by atoms with van der Waals surface area (Å²) in [5.74, 6) is -0.308. The molecule has 3 nitrogen and oxygen atoms in total. The fraction of sp³-hybridized carbons (Fsp3) is 0.538. The van der Waals surface area contributed by atoms with Gasteiger partial charge in [0, 0.05) is 11.9 Å². The van der Waals surface area contributed by atoms with E-state index in [1.165, 1.54) is 25.7 Å². The van der Waals surface area contributed by atoms with Crippen molar-refractivity contribution < 1.29 is 4.79 Å². The van der Waals surface area contributed by atoms with E-state index in [0.717, 1.165) is 17.7 Å². The molecule has 0 aliphatic rings. The summed E-state index contributed by atoms with van der Waals surface area (Å²) < 4.78 is 0. The third-order valence-electron chi connectivity index (χ3n) is 2.55. The van der Waals surface area contributed by atoms with Crippen LogP contribution in [0.4, 0.5) is 0 Å². The summed E-state index contributed by atoms with van der Waals surface area (Å²) in [6.45, 7) is 2.21. The Kier molecular flexibility index (Phi) is 5.54. The number of carbonyl (C=O) groups excluding carboxylic acids is 1. The molecule has 1 amide bonds. The van der Waals surface area contributed by atoms with E-state index in [1.807, 2.05) is 12.1 Å². The van der Waals surface area contributed by atoms with E-state index < -0.39 is 0 Å². The van der Waals surface area contributed by atoms with Crippen LogP contribution in [0.1, 0.15) is 43.9 Å². The van der Waals surface area contributed by atoms with E-state index in [4.69, 9.17) is 5.73 Å². The molecule has 0 spiro atoms. The number of aryl methyl sites for hydroxylation is 1. The minimum atomic E-state index is -0.308. The van der Waals surface area contributed by atoms with Gasteiger partial charge in [-0.25, -0.2) is 0 Å². The Morgan fingerprint density at radius 2 is 2.12 bits per heavy atom. The molecule has 1 aromatic heterocycles. The van der Waals surface area contributed by atoms with Crippen molar-refractivity contribution in [3.63, 3.8) is 0 Å². The lowest BCUT2D eigenvalue weighted by Gasteiger charge is -2.02. The van der Waals surface area contributed by atoms with Crippen molar-refractivity contribution in [3.05, 3.63) is 29.6 Å². The minimum absolute atomic E-state index is 0.281. The van der Waals surface area contributed by atoms with Gasteiger partial charge in [-0.3, -0.25) is 9.78 Å². The highest BCUT2D eigenvalue weighted by Gasteiger charge is 1.99. The van der Waals surface area contributed by atoms with Gasteiger partial charge in [-0.15, -0.1) is 0 Å². The number of nitrogens with two attached hydrogens (primary N) is 1. The largest absolute Gasteiger partial charge is 0.369 e. The third-order valence-corrected chi connectivity index (χ3v) is 2.55. The van der Waals surface area contributed by atoms with Crippen LogP contribution in [0.2, 0.25) is 0 Å². The molecule has 0 saturated carbocycles. The van der Waals surface area contributed by atoms with E-state index in [1.54, 1.807) is 6.20 Å². The summed E-state index contributed by atoms with van der Waals surface area (Å²) in [7, 11) is 0. The molecule has 1 rings (SSSR count). The maximum absolute atomic E-state index is 10.7. The van der Waals surface area contributed by atoms with Gasteiger partial charge in [0.05, 0.1) is 6.42 Å². The van der Waals surface area contributed by atoms with Crippen molar-refractivity contribution in [2.75, 3.05) is 0 Å². The predicted octanol–water partition coefficient (Wildman–Crippen LogP) is 2.23. The number of hydrogen-bond donors (Lipinski definition) is 1. The highest BCUT2D eigenvalue weighted by molar-refractivity contribution is 5.76. The molecule has 0 aliphatic heterocycles. The van der Waals surface area contributed by atoms with Crippen molar-refractivity contribution >= 4 is 5.91 Å². The number of hydrogen-bond acceptors (Lipinski definition) is 2. The van der Waals surface area contributed by atoms with E-state index >= 15 is 0 Å². The Bertz CT molecular complexity index is 319. The first kappa shape index (κ1) is 12.7. The second-order valence-electron chi connectivity index (χ2n) is 4.11. The van der Waals surface area contributed by atoms with Crippen molar-refractivity contribution in [2.24, 2.45) is 5.73 Å². The van der Waals surface area contributed by atoms with Gasteiger partial charge in [-0.1, -0.05) is 32.3 Å². The molecule has 0 radical (unpaired) electrons. The average Bonchev–Trinajstić information content (AvgIpc) is 2.26. The molecular formula is C13H20N2O. The second kappa shape index (κ2) is 6.99. The van der Waals surface area contributed by atoms with Crippen LogP contribution in [-0.2, 0) is 17.6 Å². The Hall–Kier alpha value is -1.38. The van der Waals surface area contributed by atoms with E-state index in [9.17, 15) is 4.79 Å². The standard InChI is InChI=1S/C13H20N2O/c1-2-3-4-5-6-12-8-7-11(10-15-12)9-13(14)16/h7-8,10H,2-6,9H2,1H3,(H2,14,16). The van der Waals surface area contributed by atoms with Crippen LogP contribution in [0.3, 0.4) is 0 Å². The first-order valence-corrected chi connectivity index (χ1v) is 5.94. The van der Waals surface area contributed by atoms with Crippen molar-refractivity contribution in [3.8, 4) is 0 Å². The van der Waals surface area contributed by atoms with Gasteiger partial charge in [0.2, 0.25) is 5.91 Å². The number of pyridine rings is 1. The molecule has 0 unspecified atom stereocenters. The molecule has 0 atom stereocenters. The van der Waals surface area contributed by atoms with Crippen LogP contribution in [0.15, 0.2) is 18.3 Å². The Morgan fingerprint density at radius 1 is 1.31 bits per heavy atom.